The highest BCUT2D eigenvalue weighted by atomic mass is 79.9. The van der Waals surface area contributed by atoms with Crippen LogP contribution in [0, 0.1) is 0 Å². The van der Waals surface area contributed by atoms with E-state index < -0.39 is 0 Å². The Balaban J connectivity index is 0.00000161. The Morgan fingerprint density at radius 3 is 2.71 bits per heavy atom. The van der Waals surface area contributed by atoms with Gasteiger partial charge < -0.3 is 5.32 Å². The molecule has 0 aliphatic carbocycles. The predicted octanol–water partition coefficient (Wildman–Crippen LogP) is 3.00. The van der Waals surface area contributed by atoms with E-state index in [1.807, 2.05) is 6.07 Å². The second-order valence-electron chi connectivity index (χ2n) is 5.71. The molecule has 2 saturated heterocycles. The molecule has 1 aromatic rings. The summed E-state index contributed by atoms with van der Waals surface area (Å²) in [6, 6.07) is 7.02. The number of likely N-dealkylation sites (tertiary alicyclic amines) is 1. The first kappa shape index (κ1) is 17.5. The van der Waals surface area contributed by atoms with Crippen molar-refractivity contribution in [1.29, 1.82) is 0 Å². The molecule has 3 nitrogen and oxygen atoms in total. The standard InChI is InChI=1S/C15H21BrClN3.ClH/c16-14-2-1-12(9-15(14)17)10-19-6-3-13(11-19)20-7-4-18-5-8-20;/h1-2,9,13,18H,3-8,10-11H2;1H. The summed E-state index contributed by atoms with van der Waals surface area (Å²) in [5.74, 6) is 0. The van der Waals surface area contributed by atoms with Crippen LogP contribution in [0.2, 0.25) is 5.02 Å². The van der Waals surface area contributed by atoms with Crippen molar-refractivity contribution >= 4 is 39.9 Å². The lowest BCUT2D eigenvalue weighted by molar-refractivity contribution is 0.170. The van der Waals surface area contributed by atoms with Crippen LogP contribution in [0.25, 0.3) is 0 Å². The van der Waals surface area contributed by atoms with E-state index >= 15 is 0 Å². The molecule has 0 amide bonds. The van der Waals surface area contributed by atoms with E-state index in [9.17, 15) is 0 Å². The second-order valence-corrected chi connectivity index (χ2v) is 6.97. The average molecular weight is 395 g/mol. The molecule has 1 aromatic carbocycles. The molecule has 1 N–H and O–H groups in total. The first-order valence-electron chi connectivity index (χ1n) is 7.33. The molecular formula is C15H22BrCl2N3. The van der Waals surface area contributed by atoms with Crippen LogP contribution in [-0.2, 0) is 6.54 Å². The van der Waals surface area contributed by atoms with Gasteiger partial charge in [-0.3, -0.25) is 9.80 Å². The molecule has 1 unspecified atom stereocenters. The third-order valence-electron chi connectivity index (χ3n) is 4.31. The first-order chi connectivity index (χ1) is 9.72. The molecule has 2 aliphatic heterocycles. The van der Waals surface area contributed by atoms with E-state index in [4.69, 9.17) is 11.6 Å². The highest BCUT2D eigenvalue weighted by Gasteiger charge is 2.28. The van der Waals surface area contributed by atoms with Gasteiger partial charge in [0.15, 0.2) is 0 Å². The topological polar surface area (TPSA) is 18.5 Å². The number of benzene rings is 1. The van der Waals surface area contributed by atoms with Crippen molar-refractivity contribution in [3.8, 4) is 0 Å². The summed E-state index contributed by atoms with van der Waals surface area (Å²) in [6.45, 7) is 8.06. The molecule has 0 spiro atoms. The van der Waals surface area contributed by atoms with Crippen molar-refractivity contribution < 1.29 is 0 Å². The first-order valence-corrected chi connectivity index (χ1v) is 8.50. The van der Waals surface area contributed by atoms with Gasteiger partial charge in [-0.2, -0.15) is 0 Å². The highest BCUT2D eigenvalue weighted by Crippen LogP contribution is 2.25. The van der Waals surface area contributed by atoms with Gasteiger partial charge in [-0.05, 0) is 40.0 Å². The SMILES string of the molecule is Cl.Clc1cc(CN2CCC(N3CCNCC3)C2)ccc1Br. The van der Waals surface area contributed by atoms with Crippen LogP contribution in [0.4, 0.5) is 0 Å². The van der Waals surface area contributed by atoms with Crippen LogP contribution in [-0.4, -0.2) is 55.1 Å². The monoisotopic (exact) mass is 393 g/mol. The third-order valence-corrected chi connectivity index (χ3v) is 5.54. The van der Waals surface area contributed by atoms with E-state index in [-0.39, 0.29) is 12.4 Å². The number of halogens is 3. The van der Waals surface area contributed by atoms with Crippen molar-refractivity contribution in [2.24, 2.45) is 0 Å². The van der Waals surface area contributed by atoms with Gasteiger partial charge in [0, 0.05) is 56.3 Å². The minimum atomic E-state index is 0. The van der Waals surface area contributed by atoms with Crippen LogP contribution < -0.4 is 5.32 Å². The van der Waals surface area contributed by atoms with E-state index in [0.717, 1.165) is 35.2 Å². The van der Waals surface area contributed by atoms with Gasteiger partial charge in [-0.25, -0.2) is 0 Å². The second kappa shape index (κ2) is 8.14. The van der Waals surface area contributed by atoms with Crippen LogP contribution >= 0.6 is 39.9 Å². The largest absolute Gasteiger partial charge is 0.314 e. The van der Waals surface area contributed by atoms with Crippen molar-refractivity contribution in [1.82, 2.24) is 15.1 Å². The Labute approximate surface area is 146 Å². The Morgan fingerprint density at radius 1 is 1.24 bits per heavy atom. The van der Waals surface area contributed by atoms with Gasteiger partial charge in [0.05, 0.1) is 5.02 Å². The van der Waals surface area contributed by atoms with Gasteiger partial charge in [-0.1, -0.05) is 17.7 Å². The normalized spacial score (nSPS) is 24.0. The summed E-state index contributed by atoms with van der Waals surface area (Å²) < 4.78 is 0.975. The summed E-state index contributed by atoms with van der Waals surface area (Å²) >= 11 is 9.61. The fraction of sp³-hybridized carbons (Fsp3) is 0.600. The lowest BCUT2D eigenvalue weighted by atomic mass is 10.2. The number of nitrogens with one attached hydrogen (secondary N) is 1. The molecule has 0 aromatic heterocycles. The molecule has 0 radical (unpaired) electrons. The lowest BCUT2D eigenvalue weighted by Crippen LogP contribution is -2.49. The number of nitrogens with zero attached hydrogens (tertiary/aromatic N) is 2. The van der Waals surface area contributed by atoms with Crippen LogP contribution in [0.15, 0.2) is 22.7 Å². The van der Waals surface area contributed by atoms with Crippen molar-refractivity contribution in [2.75, 3.05) is 39.3 Å². The molecule has 118 valence electrons. The predicted molar refractivity (Wildman–Crippen MR) is 94.5 cm³/mol. The quantitative estimate of drug-likeness (QED) is 0.849. The molecule has 0 bridgehead atoms. The molecule has 2 heterocycles. The molecule has 6 heteroatoms. The number of piperazine rings is 1. The van der Waals surface area contributed by atoms with E-state index in [2.05, 4.69) is 43.2 Å². The minimum Gasteiger partial charge on any atom is -0.314 e. The number of hydrogen-bond donors (Lipinski definition) is 1. The van der Waals surface area contributed by atoms with Gasteiger partial charge >= 0.3 is 0 Å². The van der Waals surface area contributed by atoms with Crippen molar-refractivity contribution in [2.45, 2.75) is 19.0 Å². The zero-order chi connectivity index (χ0) is 13.9. The summed E-state index contributed by atoms with van der Waals surface area (Å²) in [6.07, 6.45) is 1.30. The van der Waals surface area contributed by atoms with Gasteiger partial charge in [0.1, 0.15) is 0 Å². The fourth-order valence-electron chi connectivity index (χ4n) is 3.20. The van der Waals surface area contributed by atoms with Gasteiger partial charge in [-0.15, -0.1) is 12.4 Å². The van der Waals surface area contributed by atoms with E-state index in [1.54, 1.807) is 0 Å². The lowest BCUT2D eigenvalue weighted by Gasteiger charge is -2.32. The average Bonchev–Trinajstić information content (AvgIpc) is 2.92. The molecule has 2 fully saturated rings. The maximum atomic E-state index is 6.17. The molecule has 21 heavy (non-hydrogen) atoms. The molecule has 0 saturated carbocycles. The molecule has 2 aliphatic rings. The highest BCUT2D eigenvalue weighted by molar-refractivity contribution is 9.10. The summed E-state index contributed by atoms with van der Waals surface area (Å²) in [4.78, 5) is 5.19. The number of hydrogen-bond acceptors (Lipinski definition) is 3. The maximum absolute atomic E-state index is 6.17. The summed E-state index contributed by atoms with van der Waals surface area (Å²) in [7, 11) is 0. The Bertz CT molecular complexity index is 466. The smallest absolute Gasteiger partial charge is 0.0551 e. The Morgan fingerprint density at radius 2 is 2.00 bits per heavy atom. The molecule has 3 rings (SSSR count). The Kier molecular flexibility index (Phi) is 6.79. The maximum Gasteiger partial charge on any atom is 0.0551 e. The fourth-order valence-corrected chi connectivity index (χ4v) is 3.65. The summed E-state index contributed by atoms with van der Waals surface area (Å²) in [5.41, 5.74) is 1.30. The molecule has 1 atom stereocenters. The van der Waals surface area contributed by atoms with Crippen LogP contribution in [0.1, 0.15) is 12.0 Å². The third kappa shape index (κ3) is 4.57. The van der Waals surface area contributed by atoms with Gasteiger partial charge in [0.25, 0.3) is 0 Å². The molecular weight excluding hydrogens is 373 g/mol. The zero-order valence-corrected chi connectivity index (χ0v) is 15.2. The number of rotatable bonds is 3. The van der Waals surface area contributed by atoms with E-state index in [0.29, 0.717) is 0 Å². The summed E-state index contributed by atoms with van der Waals surface area (Å²) in [5, 5.41) is 4.23. The van der Waals surface area contributed by atoms with Crippen LogP contribution in [0.5, 0.6) is 0 Å². The Hall–Kier alpha value is 0.160. The van der Waals surface area contributed by atoms with Gasteiger partial charge in [0.2, 0.25) is 0 Å². The van der Waals surface area contributed by atoms with Crippen LogP contribution in [0.3, 0.4) is 0 Å². The van der Waals surface area contributed by atoms with Crippen molar-refractivity contribution in [3.63, 3.8) is 0 Å². The van der Waals surface area contributed by atoms with E-state index in [1.165, 1.54) is 38.2 Å². The minimum absolute atomic E-state index is 0. The van der Waals surface area contributed by atoms with Crippen molar-refractivity contribution in [3.05, 3.63) is 33.3 Å². The zero-order valence-electron chi connectivity index (χ0n) is 12.0.